The molecule has 0 radical (unpaired) electrons. The van der Waals surface area contributed by atoms with Crippen molar-refractivity contribution in [2.45, 2.75) is 42.9 Å². The maximum absolute atomic E-state index is 8.58. The van der Waals surface area contributed by atoms with Gasteiger partial charge in [0, 0.05) is 17.0 Å². The van der Waals surface area contributed by atoms with Crippen molar-refractivity contribution in [3.05, 3.63) is 23.9 Å². The molecule has 3 N–H and O–H groups in total. The van der Waals surface area contributed by atoms with Gasteiger partial charge in [0.2, 0.25) is 0 Å². The first kappa shape index (κ1) is 13.2. The molecule has 1 aromatic heterocycles. The number of nitrogens with zero attached hydrogens (tertiary/aromatic N) is 2. The summed E-state index contributed by atoms with van der Waals surface area (Å²) in [5.74, 6) is 0.929. The molecule has 2 rings (SSSR count). The zero-order chi connectivity index (χ0) is 13.0. The lowest BCUT2D eigenvalue weighted by Crippen LogP contribution is -2.15. The molecule has 0 spiro atoms. The number of nitrogens with two attached hydrogens (primary N) is 1. The summed E-state index contributed by atoms with van der Waals surface area (Å²) >= 11 is 1.84. The fourth-order valence-corrected chi connectivity index (χ4v) is 3.63. The average molecular weight is 265 g/mol. The van der Waals surface area contributed by atoms with E-state index in [1.807, 2.05) is 23.9 Å². The standard InChI is InChI=1S/C13H19N3OS/c1-9-3-2-4-11(7-9)18-12-6-5-10(8-15-12)13(14)16-17/h5-6,8-9,11,17H,2-4,7H2,1H3,(H2,14,16). The van der Waals surface area contributed by atoms with Crippen molar-refractivity contribution in [3.63, 3.8) is 0 Å². The Morgan fingerprint density at radius 1 is 1.50 bits per heavy atom. The Hall–Kier alpha value is -1.23. The molecule has 1 heterocycles. The van der Waals surface area contributed by atoms with Crippen molar-refractivity contribution in [3.8, 4) is 0 Å². The molecule has 1 aromatic rings. The van der Waals surface area contributed by atoms with Gasteiger partial charge >= 0.3 is 0 Å². The summed E-state index contributed by atoms with van der Waals surface area (Å²) in [5, 5.41) is 13.2. The van der Waals surface area contributed by atoms with Crippen LogP contribution in [0.15, 0.2) is 28.5 Å². The fraction of sp³-hybridized carbons (Fsp3) is 0.538. The number of hydrogen-bond acceptors (Lipinski definition) is 4. The number of rotatable bonds is 3. The lowest BCUT2D eigenvalue weighted by atomic mass is 9.91. The monoisotopic (exact) mass is 265 g/mol. The van der Waals surface area contributed by atoms with Crippen molar-refractivity contribution in [1.82, 2.24) is 4.98 Å². The lowest BCUT2D eigenvalue weighted by molar-refractivity contribution is 0.318. The van der Waals surface area contributed by atoms with E-state index in [0.29, 0.717) is 10.8 Å². The van der Waals surface area contributed by atoms with Crippen LogP contribution in [0.1, 0.15) is 38.2 Å². The van der Waals surface area contributed by atoms with Crippen molar-refractivity contribution < 1.29 is 5.21 Å². The second-order valence-electron chi connectivity index (χ2n) is 4.88. The largest absolute Gasteiger partial charge is 0.409 e. The lowest BCUT2D eigenvalue weighted by Gasteiger charge is -2.25. The third-order valence-electron chi connectivity index (χ3n) is 3.32. The minimum atomic E-state index is 0.102. The highest BCUT2D eigenvalue weighted by molar-refractivity contribution is 7.99. The van der Waals surface area contributed by atoms with Gasteiger partial charge in [-0.3, -0.25) is 0 Å². The summed E-state index contributed by atoms with van der Waals surface area (Å²) in [4.78, 5) is 4.36. The van der Waals surface area contributed by atoms with Crippen LogP contribution in [0.3, 0.4) is 0 Å². The van der Waals surface area contributed by atoms with E-state index in [-0.39, 0.29) is 5.84 Å². The molecule has 1 aliphatic rings. The Labute approximate surface area is 112 Å². The second kappa shape index (κ2) is 6.09. The number of hydrogen-bond donors (Lipinski definition) is 2. The van der Waals surface area contributed by atoms with Crippen LogP contribution in [-0.2, 0) is 0 Å². The highest BCUT2D eigenvalue weighted by Gasteiger charge is 2.20. The van der Waals surface area contributed by atoms with Crippen LogP contribution in [0.25, 0.3) is 0 Å². The number of aromatic nitrogens is 1. The van der Waals surface area contributed by atoms with Gasteiger partial charge in [-0.25, -0.2) is 4.98 Å². The van der Waals surface area contributed by atoms with E-state index < -0.39 is 0 Å². The van der Waals surface area contributed by atoms with Crippen molar-refractivity contribution >= 4 is 17.6 Å². The smallest absolute Gasteiger partial charge is 0.171 e. The Bertz CT molecular complexity index is 419. The molecule has 0 amide bonds. The van der Waals surface area contributed by atoms with Crippen molar-refractivity contribution in [1.29, 1.82) is 0 Å². The first-order valence-electron chi connectivity index (χ1n) is 6.29. The molecule has 0 aliphatic heterocycles. The number of oxime groups is 1. The molecular weight excluding hydrogens is 246 g/mol. The molecule has 5 heteroatoms. The van der Waals surface area contributed by atoms with Gasteiger partial charge in [-0.2, -0.15) is 0 Å². The Morgan fingerprint density at radius 3 is 2.94 bits per heavy atom. The summed E-state index contributed by atoms with van der Waals surface area (Å²) in [6.45, 7) is 2.32. The molecule has 0 saturated heterocycles. The third kappa shape index (κ3) is 3.38. The molecular formula is C13H19N3OS. The van der Waals surface area contributed by atoms with E-state index in [0.717, 1.165) is 10.9 Å². The predicted molar refractivity (Wildman–Crippen MR) is 74.0 cm³/mol. The third-order valence-corrected chi connectivity index (χ3v) is 4.56. The van der Waals surface area contributed by atoms with E-state index in [2.05, 4.69) is 17.1 Å². The molecule has 18 heavy (non-hydrogen) atoms. The van der Waals surface area contributed by atoms with Gasteiger partial charge in [0.05, 0.1) is 5.03 Å². The maximum atomic E-state index is 8.58. The molecule has 0 aromatic carbocycles. The van der Waals surface area contributed by atoms with Gasteiger partial charge < -0.3 is 10.9 Å². The second-order valence-corrected chi connectivity index (χ2v) is 6.20. The Balaban J connectivity index is 1.97. The fourth-order valence-electron chi connectivity index (χ4n) is 2.32. The van der Waals surface area contributed by atoms with Gasteiger partial charge in [-0.05, 0) is 30.9 Å². The van der Waals surface area contributed by atoms with Crippen molar-refractivity contribution in [2.24, 2.45) is 16.8 Å². The van der Waals surface area contributed by atoms with Crippen LogP contribution in [-0.4, -0.2) is 21.3 Å². The van der Waals surface area contributed by atoms with Gasteiger partial charge in [0.1, 0.15) is 0 Å². The van der Waals surface area contributed by atoms with Gasteiger partial charge in [-0.15, -0.1) is 11.8 Å². The van der Waals surface area contributed by atoms with Crippen LogP contribution in [0, 0.1) is 5.92 Å². The van der Waals surface area contributed by atoms with Gasteiger partial charge in [0.15, 0.2) is 5.84 Å². The van der Waals surface area contributed by atoms with E-state index >= 15 is 0 Å². The summed E-state index contributed by atoms with van der Waals surface area (Å²) < 4.78 is 0. The summed E-state index contributed by atoms with van der Waals surface area (Å²) in [6.07, 6.45) is 6.88. The minimum Gasteiger partial charge on any atom is -0.409 e. The number of amidine groups is 1. The molecule has 2 unspecified atom stereocenters. The van der Waals surface area contributed by atoms with Crippen LogP contribution in [0.2, 0.25) is 0 Å². The number of thioether (sulfide) groups is 1. The quantitative estimate of drug-likeness (QED) is 0.381. The average Bonchev–Trinajstić information content (AvgIpc) is 2.39. The SMILES string of the molecule is CC1CCCC(Sc2ccc(C(N)=NO)cn2)C1. The van der Waals surface area contributed by atoms with Gasteiger partial charge in [-0.1, -0.05) is 24.9 Å². The first-order valence-corrected chi connectivity index (χ1v) is 7.17. The van der Waals surface area contributed by atoms with Gasteiger partial charge in [0.25, 0.3) is 0 Å². The highest BCUT2D eigenvalue weighted by Crippen LogP contribution is 2.35. The zero-order valence-electron chi connectivity index (χ0n) is 10.5. The van der Waals surface area contributed by atoms with E-state index in [9.17, 15) is 0 Å². The van der Waals surface area contributed by atoms with E-state index in [1.165, 1.54) is 25.7 Å². The topological polar surface area (TPSA) is 71.5 Å². The van der Waals surface area contributed by atoms with Crippen LogP contribution < -0.4 is 5.73 Å². The summed E-state index contributed by atoms with van der Waals surface area (Å²) in [7, 11) is 0. The number of pyridine rings is 1. The van der Waals surface area contributed by atoms with E-state index in [1.54, 1.807) is 6.20 Å². The van der Waals surface area contributed by atoms with Crippen LogP contribution in [0.5, 0.6) is 0 Å². The molecule has 1 saturated carbocycles. The Kier molecular flexibility index (Phi) is 4.47. The van der Waals surface area contributed by atoms with Crippen molar-refractivity contribution in [2.75, 3.05) is 0 Å². The predicted octanol–water partition coefficient (Wildman–Crippen LogP) is 2.85. The van der Waals surface area contributed by atoms with E-state index in [4.69, 9.17) is 10.9 Å². The molecule has 98 valence electrons. The van der Waals surface area contributed by atoms with Crippen LogP contribution >= 0.6 is 11.8 Å². The molecule has 0 bridgehead atoms. The normalized spacial score (nSPS) is 25.1. The first-order chi connectivity index (χ1) is 8.69. The zero-order valence-corrected chi connectivity index (χ0v) is 11.4. The summed E-state index contributed by atoms with van der Waals surface area (Å²) in [5.41, 5.74) is 6.15. The summed E-state index contributed by atoms with van der Waals surface area (Å²) in [6, 6.07) is 3.79. The Morgan fingerprint density at radius 2 is 2.33 bits per heavy atom. The molecule has 1 aliphatic carbocycles. The maximum Gasteiger partial charge on any atom is 0.171 e. The highest BCUT2D eigenvalue weighted by atomic mass is 32.2. The molecule has 2 atom stereocenters. The molecule has 4 nitrogen and oxygen atoms in total. The molecule has 1 fully saturated rings. The minimum absolute atomic E-state index is 0.102. The van der Waals surface area contributed by atoms with Crippen LogP contribution in [0.4, 0.5) is 0 Å².